The highest BCUT2D eigenvalue weighted by Crippen LogP contribution is 2.20. The van der Waals surface area contributed by atoms with Crippen molar-refractivity contribution in [3.63, 3.8) is 0 Å². The van der Waals surface area contributed by atoms with Crippen molar-refractivity contribution >= 4 is 5.97 Å². The molecular formula is C15H21NO3. The predicted octanol–water partition coefficient (Wildman–Crippen LogP) is 2.14. The summed E-state index contributed by atoms with van der Waals surface area (Å²) in [5.41, 5.74) is 1.94. The van der Waals surface area contributed by atoms with Crippen molar-refractivity contribution in [1.29, 1.82) is 0 Å². The molecule has 2 unspecified atom stereocenters. The van der Waals surface area contributed by atoms with Gasteiger partial charge < -0.3 is 9.84 Å². The summed E-state index contributed by atoms with van der Waals surface area (Å²) in [6.07, 6.45) is 3.06. The van der Waals surface area contributed by atoms with Crippen LogP contribution >= 0.6 is 0 Å². The second kappa shape index (κ2) is 6.68. The van der Waals surface area contributed by atoms with E-state index in [0.717, 1.165) is 37.0 Å². The van der Waals surface area contributed by atoms with Crippen LogP contribution in [-0.2, 0) is 16.0 Å². The van der Waals surface area contributed by atoms with Crippen molar-refractivity contribution in [2.24, 2.45) is 0 Å². The molecule has 0 radical (unpaired) electrons. The minimum atomic E-state index is -0.834. The molecule has 1 heterocycles. The molecule has 0 amide bonds. The van der Waals surface area contributed by atoms with Gasteiger partial charge in [-0.1, -0.05) is 31.2 Å². The van der Waals surface area contributed by atoms with E-state index in [1.165, 1.54) is 0 Å². The zero-order chi connectivity index (χ0) is 13.7. The summed E-state index contributed by atoms with van der Waals surface area (Å²) in [5.74, 6) is -0.834. The van der Waals surface area contributed by atoms with Gasteiger partial charge in [-0.05, 0) is 30.4 Å². The number of hydrogen-bond donors (Lipinski definition) is 2. The Kier molecular flexibility index (Phi) is 4.93. The van der Waals surface area contributed by atoms with E-state index < -0.39 is 12.0 Å². The van der Waals surface area contributed by atoms with Crippen molar-refractivity contribution in [3.8, 4) is 0 Å². The molecule has 1 aliphatic heterocycles. The minimum Gasteiger partial charge on any atom is -0.480 e. The summed E-state index contributed by atoms with van der Waals surface area (Å²) >= 11 is 0. The average molecular weight is 263 g/mol. The average Bonchev–Trinajstić information content (AvgIpc) is 2.92. The van der Waals surface area contributed by atoms with Crippen LogP contribution in [0.3, 0.4) is 0 Å². The first-order valence-corrected chi connectivity index (χ1v) is 6.88. The van der Waals surface area contributed by atoms with Crippen molar-refractivity contribution in [1.82, 2.24) is 5.32 Å². The molecule has 1 aliphatic rings. The molecule has 19 heavy (non-hydrogen) atoms. The molecule has 1 aromatic rings. The summed E-state index contributed by atoms with van der Waals surface area (Å²) in [6.45, 7) is 3.42. The molecule has 2 atom stereocenters. The van der Waals surface area contributed by atoms with Crippen LogP contribution in [0.4, 0.5) is 0 Å². The fourth-order valence-corrected chi connectivity index (χ4v) is 2.52. The van der Waals surface area contributed by atoms with Crippen LogP contribution in [-0.4, -0.2) is 30.3 Å². The van der Waals surface area contributed by atoms with Crippen LogP contribution in [0.25, 0.3) is 0 Å². The number of carboxylic acids is 1. The Morgan fingerprint density at radius 3 is 2.95 bits per heavy atom. The zero-order valence-electron chi connectivity index (χ0n) is 11.3. The molecule has 1 aromatic carbocycles. The highest BCUT2D eigenvalue weighted by atomic mass is 16.5. The largest absolute Gasteiger partial charge is 0.480 e. The highest BCUT2D eigenvalue weighted by molar-refractivity contribution is 5.76. The van der Waals surface area contributed by atoms with Crippen LogP contribution < -0.4 is 5.32 Å². The maximum absolute atomic E-state index is 11.5. The molecular weight excluding hydrogens is 242 g/mol. The molecule has 0 spiro atoms. The van der Waals surface area contributed by atoms with Gasteiger partial charge in [-0.25, -0.2) is 0 Å². The molecule has 0 bridgehead atoms. The van der Waals surface area contributed by atoms with Gasteiger partial charge in [-0.3, -0.25) is 10.1 Å². The first-order chi connectivity index (χ1) is 9.22. The van der Waals surface area contributed by atoms with Crippen LogP contribution in [0.1, 0.15) is 36.9 Å². The van der Waals surface area contributed by atoms with Crippen LogP contribution in [0.15, 0.2) is 24.3 Å². The fraction of sp³-hybridized carbons (Fsp3) is 0.533. The molecule has 2 N–H and O–H groups in total. The van der Waals surface area contributed by atoms with Crippen LogP contribution in [0.5, 0.6) is 0 Å². The Morgan fingerprint density at radius 2 is 2.32 bits per heavy atom. The number of carbonyl (C=O) groups is 1. The van der Waals surface area contributed by atoms with Gasteiger partial charge in [0.15, 0.2) is 0 Å². The van der Waals surface area contributed by atoms with E-state index in [0.29, 0.717) is 6.54 Å². The second-order valence-corrected chi connectivity index (χ2v) is 4.87. The number of aryl methyl sites for hydroxylation is 1. The maximum Gasteiger partial charge on any atom is 0.325 e. The van der Waals surface area contributed by atoms with Gasteiger partial charge in [0, 0.05) is 13.2 Å². The Morgan fingerprint density at radius 1 is 1.53 bits per heavy atom. The van der Waals surface area contributed by atoms with Gasteiger partial charge in [0.2, 0.25) is 0 Å². The molecule has 104 valence electrons. The van der Waals surface area contributed by atoms with Gasteiger partial charge in [-0.2, -0.15) is 0 Å². The highest BCUT2D eigenvalue weighted by Gasteiger charge is 2.24. The van der Waals surface area contributed by atoms with E-state index >= 15 is 0 Å². The summed E-state index contributed by atoms with van der Waals surface area (Å²) in [6, 6.07) is 7.05. The summed E-state index contributed by atoms with van der Waals surface area (Å²) in [7, 11) is 0. The van der Waals surface area contributed by atoms with Crippen molar-refractivity contribution in [2.75, 3.05) is 13.2 Å². The minimum absolute atomic E-state index is 0.149. The van der Waals surface area contributed by atoms with Crippen molar-refractivity contribution in [3.05, 3.63) is 35.4 Å². The van der Waals surface area contributed by atoms with Crippen molar-refractivity contribution in [2.45, 2.75) is 38.3 Å². The lowest BCUT2D eigenvalue weighted by molar-refractivity contribution is -0.139. The topological polar surface area (TPSA) is 58.6 Å². The Labute approximate surface area is 113 Å². The molecule has 4 heteroatoms. The Bertz CT molecular complexity index is 427. The molecule has 4 nitrogen and oxygen atoms in total. The third-order valence-electron chi connectivity index (χ3n) is 3.57. The molecule has 0 saturated carbocycles. The van der Waals surface area contributed by atoms with E-state index in [1.807, 2.05) is 31.2 Å². The third-order valence-corrected chi connectivity index (χ3v) is 3.57. The molecule has 2 rings (SSSR count). The number of carboxylic acid groups (broad SMARTS) is 1. The smallest absolute Gasteiger partial charge is 0.325 e. The van der Waals surface area contributed by atoms with Crippen LogP contribution in [0.2, 0.25) is 0 Å². The third kappa shape index (κ3) is 3.55. The molecule has 0 aliphatic carbocycles. The lowest BCUT2D eigenvalue weighted by Crippen LogP contribution is -2.35. The maximum atomic E-state index is 11.5. The number of hydrogen-bond acceptors (Lipinski definition) is 3. The molecule has 1 fully saturated rings. The van der Waals surface area contributed by atoms with E-state index in [4.69, 9.17) is 4.74 Å². The van der Waals surface area contributed by atoms with E-state index in [1.54, 1.807) is 0 Å². The summed E-state index contributed by atoms with van der Waals surface area (Å²) < 4.78 is 5.52. The van der Waals surface area contributed by atoms with Gasteiger partial charge in [0.25, 0.3) is 0 Å². The Balaban J connectivity index is 2.08. The van der Waals surface area contributed by atoms with Gasteiger partial charge >= 0.3 is 5.97 Å². The number of benzene rings is 1. The predicted molar refractivity (Wildman–Crippen MR) is 73.2 cm³/mol. The summed E-state index contributed by atoms with van der Waals surface area (Å²) in [5, 5.41) is 12.5. The lowest BCUT2D eigenvalue weighted by atomic mass is 9.98. The van der Waals surface area contributed by atoms with E-state index in [2.05, 4.69) is 5.32 Å². The quantitative estimate of drug-likeness (QED) is 0.825. The Hall–Kier alpha value is -1.39. The SMILES string of the molecule is CCc1ccccc1C(NCC1CCCO1)C(=O)O. The number of rotatable bonds is 6. The van der Waals surface area contributed by atoms with Gasteiger partial charge in [0.1, 0.15) is 6.04 Å². The second-order valence-electron chi connectivity index (χ2n) is 4.87. The van der Waals surface area contributed by atoms with Gasteiger partial charge in [0.05, 0.1) is 6.10 Å². The monoisotopic (exact) mass is 263 g/mol. The summed E-state index contributed by atoms with van der Waals surface area (Å²) in [4.78, 5) is 11.5. The van der Waals surface area contributed by atoms with E-state index in [-0.39, 0.29) is 6.10 Å². The molecule has 0 aromatic heterocycles. The normalized spacial score (nSPS) is 20.4. The number of ether oxygens (including phenoxy) is 1. The standard InChI is InChI=1S/C15H21NO3/c1-2-11-6-3-4-8-13(11)14(15(17)18)16-10-12-7-5-9-19-12/h3-4,6,8,12,14,16H,2,5,7,9-10H2,1H3,(H,17,18). The first kappa shape index (κ1) is 14.0. The molecule has 1 saturated heterocycles. The van der Waals surface area contributed by atoms with Crippen molar-refractivity contribution < 1.29 is 14.6 Å². The van der Waals surface area contributed by atoms with Crippen LogP contribution in [0, 0.1) is 0 Å². The number of nitrogens with one attached hydrogen (secondary N) is 1. The number of aliphatic carboxylic acids is 1. The zero-order valence-corrected chi connectivity index (χ0v) is 11.3. The fourth-order valence-electron chi connectivity index (χ4n) is 2.52. The first-order valence-electron chi connectivity index (χ1n) is 6.88. The van der Waals surface area contributed by atoms with E-state index in [9.17, 15) is 9.90 Å². The lowest BCUT2D eigenvalue weighted by Gasteiger charge is -2.19. The van der Waals surface area contributed by atoms with Gasteiger partial charge in [-0.15, -0.1) is 0 Å².